The van der Waals surface area contributed by atoms with Gasteiger partial charge >= 0.3 is 0 Å². The van der Waals surface area contributed by atoms with Crippen LogP contribution >= 0.6 is 0 Å². The first-order valence-electron chi connectivity index (χ1n) is 5.60. The Morgan fingerprint density at radius 1 is 1.40 bits per heavy atom. The van der Waals surface area contributed by atoms with E-state index in [1.807, 2.05) is 24.4 Å². The lowest BCUT2D eigenvalue weighted by Gasteiger charge is -2.17. The molecule has 0 amide bonds. The molecular weight excluding hydrogens is 188 g/mol. The number of likely N-dealkylation sites (N-methyl/N-ethyl adjacent to an activating group) is 1. The summed E-state index contributed by atoms with van der Waals surface area (Å²) in [4.78, 5) is 4.33. The molecule has 0 aromatic carbocycles. The Morgan fingerprint density at radius 2 is 2.27 bits per heavy atom. The van der Waals surface area contributed by atoms with Crippen molar-refractivity contribution in [2.45, 2.75) is 26.3 Å². The van der Waals surface area contributed by atoms with E-state index >= 15 is 0 Å². The molecule has 0 fully saturated rings. The fraction of sp³-hybridized carbons (Fsp3) is 0.583. The first-order chi connectivity index (χ1) is 7.38. The molecule has 3 heteroatoms. The lowest BCUT2D eigenvalue weighted by Crippen LogP contribution is -2.26. The van der Waals surface area contributed by atoms with Gasteiger partial charge in [-0.05, 0) is 25.1 Å². The largest absolute Gasteiger partial charge is 0.379 e. The average molecular weight is 208 g/mol. The molecule has 0 spiro atoms. The van der Waals surface area contributed by atoms with Crippen molar-refractivity contribution in [1.82, 2.24) is 10.3 Å². The molecule has 0 aliphatic rings. The summed E-state index contributed by atoms with van der Waals surface area (Å²) >= 11 is 0. The molecule has 0 saturated heterocycles. The molecule has 0 bridgehead atoms. The molecule has 3 nitrogen and oxygen atoms in total. The summed E-state index contributed by atoms with van der Waals surface area (Å²) in [5, 5.41) is 3.37. The Balaban J connectivity index is 2.50. The maximum atomic E-state index is 5.55. The van der Waals surface area contributed by atoms with Gasteiger partial charge in [0, 0.05) is 12.8 Å². The average Bonchev–Trinajstić information content (AvgIpc) is 2.29. The number of nitrogens with one attached hydrogen (secondary N) is 1. The number of ether oxygens (including phenoxy) is 1. The van der Waals surface area contributed by atoms with Crippen LogP contribution in [0.25, 0.3) is 0 Å². The SMILES string of the molecule is CCCOCC(NCC)c1ccccn1. The standard InChI is InChI=1S/C12H20N2O/c1-3-9-15-10-12(13-4-2)11-7-5-6-8-14-11/h5-8,12-13H,3-4,9-10H2,1-2H3. The second-order valence-electron chi connectivity index (χ2n) is 3.44. The van der Waals surface area contributed by atoms with Crippen LogP contribution < -0.4 is 5.32 Å². The van der Waals surface area contributed by atoms with E-state index in [2.05, 4.69) is 24.1 Å². The molecule has 0 saturated carbocycles. The monoisotopic (exact) mass is 208 g/mol. The summed E-state index contributed by atoms with van der Waals surface area (Å²) in [6, 6.07) is 6.18. The quantitative estimate of drug-likeness (QED) is 0.697. The van der Waals surface area contributed by atoms with Crippen molar-refractivity contribution in [3.63, 3.8) is 0 Å². The van der Waals surface area contributed by atoms with Gasteiger partial charge in [0.15, 0.2) is 0 Å². The third-order valence-electron chi connectivity index (χ3n) is 2.13. The summed E-state index contributed by atoms with van der Waals surface area (Å²) in [6.07, 6.45) is 2.88. The minimum atomic E-state index is 0.211. The van der Waals surface area contributed by atoms with E-state index in [0.29, 0.717) is 6.61 Å². The van der Waals surface area contributed by atoms with Crippen LogP contribution in [-0.4, -0.2) is 24.7 Å². The molecule has 0 aliphatic carbocycles. The minimum absolute atomic E-state index is 0.211. The highest BCUT2D eigenvalue weighted by Crippen LogP contribution is 2.09. The van der Waals surface area contributed by atoms with Gasteiger partial charge in [-0.3, -0.25) is 4.98 Å². The zero-order valence-corrected chi connectivity index (χ0v) is 9.57. The molecule has 1 heterocycles. The van der Waals surface area contributed by atoms with E-state index in [0.717, 1.165) is 25.3 Å². The molecule has 84 valence electrons. The molecule has 1 aromatic heterocycles. The zero-order chi connectivity index (χ0) is 10.9. The number of hydrogen-bond acceptors (Lipinski definition) is 3. The lowest BCUT2D eigenvalue weighted by molar-refractivity contribution is 0.111. The summed E-state index contributed by atoms with van der Waals surface area (Å²) in [7, 11) is 0. The second-order valence-corrected chi connectivity index (χ2v) is 3.44. The highest BCUT2D eigenvalue weighted by molar-refractivity contribution is 5.08. The van der Waals surface area contributed by atoms with Crippen molar-refractivity contribution in [1.29, 1.82) is 0 Å². The smallest absolute Gasteiger partial charge is 0.0732 e. The van der Waals surface area contributed by atoms with Gasteiger partial charge in [0.25, 0.3) is 0 Å². The lowest BCUT2D eigenvalue weighted by atomic mass is 10.2. The Kier molecular flexibility index (Phi) is 5.97. The first-order valence-corrected chi connectivity index (χ1v) is 5.60. The zero-order valence-electron chi connectivity index (χ0n) is 9.57. The van der Waals surface area contributed by atoms with Crippen LogP contribution in [0, 0.1) is 0 Å². The van der Waals surface area contributed by atoms with Crippen LogP contribution in [0.15, 0.2) is 24.4 Å². The predicted molar refractivity (Wildman–Crippen MR) is 61.8 cm³/mol. The van der Waals surface area contributed by atoms with Crippen molar-refractivity contribution in [3.8, 4) is 0 Å². The molecule has 0 radical (unpaired) electrons. The molecule has 1 rings (SSSR count). The van der Waals surface area contributed by atoms with Gasteiger partial charge in [-0.25, -0.2) is 0 Å². The summed E-state index contributed by atoms with van der Waals surface area (Å²) in [6.45, 7) is 6.64. The van der Waals surface area contributed by atoms with Crippen molar-refractivity contribution in [2.24, 2.45) is 0 Å². The van der Waals surface area contributed by atoms with Crippen LogP contribution in [-0.2, 0) is 4.74 Å². The van der Waals surface area contributed by atoms with Crippen molar-refractivity contribution >= 4 is 0 Å². The fourth-order valence-corrected chi connectivity index (χ4v) is 1.42. The maximum Gasteiger partial charge on any atom is 0.0732 e. The Labute approximate surface area is 91.9 Å². The van der Waals surface area contributed by atoms with Crippen LogP contribution in [0.2, 0.25) is 0 Å². The topological polar surface area (TPSA) is 34.1 Å². The van der Waals surface area contributed by atoms with E-state index in [1.165, 1.54) is 0 Å². The molecule has 1 unspecified atom stereocenters. The third kappa shape index (κ3) is 4.40. The highest BCUT2D eigenvalue weighted by Gasteiger charge is 2.10. The number of hydrogen-bond donors (Lipinski definition) is 1. The van der Waals surface area contributed by atoms with Crippen molar-refractivity contribution in [3.05, 3.63) is 30.1 Å². The molecular formula is C12H20N2O. The van der Waals surface area contributed by atoms with Gasteiger partial charge in [-0.2, -0.15) is 0 Å². The van der Waals surface area contributed by atoms with Crippen molar-refractivity contribution in [2.75, 3.05) is 19.8 Å². The molecule has 1 aromatic rings. The van der Waals surface area contributed by atoms with E-state index in [1.54, 1.807) is 0 Å². The fourth-order valence-electron chi connectivity index (χ4n) is 1.42. The van der Waals surface area contributed by atoms with E-state index in [4.69, 9.17) is 4.74 Å². The van der Waals surface area contributed by atoms with Gasteiger partial charge in [0.05, 0.1) is 18.3 Å². The van der Waals surface area contributed by atoms with Crippen LogP contribution in [0.3, 0.4) is 0 Å². The Hall–Kier alpha value is -0.930. The van der Waals surface area contributed by atoms with E-state index in [9.17, 15) is 0 Å². The predicted octanol–water partition coefficient (Wildman–Crippen LogP) is 2.16. The van der Waals surface area contributed by atoms with Crippen molar-refractivity contribution < 1.29 is 4.74 Å². The molecule has 1 N–H and O–H groups in total. The summed E-state index contributed by atoms with van der Waals surface area (Å²) in [5.74, 6) is 0. The van der Waals surface area contributed by atoms with Crippen LogP contribution in [0.5, 0.6) is 0 Å². The summed E-state index contributed by atoms with van der Waals surface area (Å²) in [5.41, 5.74) is 1.05. The molecule has 1 atom stereocenters. The van der Waals surface area contributed by atoms with E-state index in [-0.39, 0.29) is 6.04 Å². The Morgan fingerprint density at radius 3 is 2.87 bits per heavy atom. The van der Waals surface area contributed by atoms with Gasteiger partial charge < -0.3 is 10.1 Å². The normalized spacial score (nSPS) is 12.7. The highest BCUT2D eigenvalue weighted by atomic mass is 16.5. The van der Waals surface area contributed by atoms with Gasteiger partial charge in [-0.15, -0.1) is 0 Å². The van der Waals surface area contributed by atoms with Crippen LogP contribution in [0.4, 0.5) is 0 Å². The number of nitrogens with zero attached hydrogens (tertiary/aromatic N) is 1. The van der Waals surface area contributed by atoms with Gasteiger partial charge in [0.1, 0.15) is 0 Å². The number of aromatic nitrogens is 1. The number of rotatable bonds is 7. The molecule has 0 aliphatic heterocycles. The van der Waals surface area contributed by atoms with E-state index < -0.39 is 0 Å². The van der Waals surface area contributed by atoms with Crippen LogP contribution in [0.1, 0.15) is 32.0 Å². The maximum absolute atomic E-state index is 5.55. The third-order valence-corrected chi connectivity index (χ3v) is 2.13. The first kappa shape index (κ1) is 12.1. The minimum Gasteiger partial charge on any atom is -0.379 e. The molecule has 15 heavy (non-hydrogen) atoms. The second kappa shape index (κ2) is 7.37. The number of pyridine rings is 1. The van der Waals surface area contributed by atoms with Gasteiger partial charge in [-0.1, -0.05) is 19.9 Å². The van der Waals surface area contributed by atoms with Gasteiger partial charge in [0.2, 0.25) is 0 Å². The summed E-state index contributed by atoms with van der Waals surface area (Å²) < 4.78 is 5.55. The Bertz CT molecular complexity index is 251.